The van der Waals surface area contributed by atoms with E-state index >= 15 is 0 Å². The maximum Gasteiger partial charge on any atom is 0.226 e. The molecule has 2 heterocycles. The van der Waals surface area contributed by atoms with Crippen LogP contribution in [0.5, 0.6) is 0 Å². The van der Waals surface area contributed by atoms with E-state index < -0.39 is 0 Å². The number of nitrogens with zero attached hydrogens (tertiary/aromatic N) is 1. The molecule has 0 saturated carbocycles. The van der Waals surface area contributed by atoms with E-state index in [4.69, 9.17) is 0 Å². The number of amides is 1. The Morgan fingerprint density at radius 2 is 2.30 bits per heavy atom. The third kappa shape index (κ3) is 5.56. The molecule has 4 nitrogen and oxygen atoms in total. The van der Waals surface area contributed by atoms with Crippen molar-refractivity contribution in [2.24, 2.45) is 0 Å². The van der Waals surface area contributed by atoms with Crippen molar-refractivity contribution in [2.45, 2.75) is 51.6 Å². The molecular weight excluding hydrogens is 317 g/mol. The first kappa shape index (κ1) is 19.6. The van der Waals surface area contributed by atoms with Crippen LogP contribution in [0, 0.1) is 0 Å². The standard InChI is InChI=1S/C13H21N3OS.2ClH/c1-3-13-15-10(8-18-13)7-12(17)16-11-5-4-6-14-9(11)2;;/h8-9,11,14H,3-7H2,1-2H3,(H,16,17);2*1H. The molecule has 2 rings (SSSR count). The average Bonchev–Trinajstić information content (AvgIpc) is 2.80. The van der Waals surface area contributed by atoms with Crippen LogP contribution in [-0.4, -0.2) is 29.5 Å². The number of piperidine rings is 1. The van der Waals surface area contributed by atoms with Gasteiger partial charge < -0.3 is 10.6 Å². The van der Waals surface area contributed by atoms with Gasteiger partial charge >= 0.3 is 0 Å². The van der Waals surface area contributed by atoms with Gasteiger partial charge in [-0.2, -0.15) is 0 Å². The molecule has 0 aliphatic carbocycles. The third-order valence-electron chi connectivity index (χ3n) is 3.35. The van der Waals surface area contributed by atoms with E-state index in [2.05, 4.69) is 29.5 Å². The zero-order valence-electron chi connectivity index (χ0n) is 11.8. The summed E-state index contributed by atoms with van der Waals surface area (Å²) < 4.78 is 0. The lowest BCUT2D eigenvalue weighted by molar-refractivity contribution is -0.121. The highest BCUT2D eigenvalue weighted by atomic mass is 35.5. The van der Waals surface area contributed by atoms with Crippen LogP contribution in [0.1, 0.15) is 37.4 Å². The molecule has 20 heavy (non-hydrogen) atoms. The van der Waals surface area contributed by atoms with Gasteiger partial charge in [0.05, 0.1) is 17.1 Å². The first-order valence-electron chi connectivity index (χ1n) is 6.65. The van der Waals surface area contributed by atoms with Crippen LogP contribution >= 0.6 is 36.2 Å². The van der Waals surface area contributed by atoms with E-state index in [0.717, 1.165) is 36.5 Å². The van der Waals surface area contributed by atoms with E-state index in [0.29, 0.717) is 12.5 Å². The summed E-state index contributed by atoms with van der Waals surface area (Å²) in [5.41, 5.74) is 0.894. The molecule has 2 unspecified atom stereocenters. The molecule has 1 fully saturated rings. The maximum absolute atomic E-state index is 11.9. The number of aryl methyl sites for hydroxylation is 1. The van der Waals surface area contributed by atoms with Gasteiger partial charge in [-0.3, -0.25) is 4.79 Å². The second kappa shape index (κ2) is 9.55. The van der Waals surface area contributed by atoms with Crippen molar-refractivity contribution < 1.29 is 4.79 Å². The van der Waals surface area contributed by atoms with Gasteiger partial charge in [-0.25, -0.2) is 4.98 Å². The average molecular weight is 340 g/mol. The lowest BCUT2D eigenvalue weighted by atomic mass is 10.00. The Morgan fingerprint density at radius 1 is 1.55 bits per heavy atom. The Morgan fingerprint density at radius 3 is 2.90 bits per heavy atom. The van der Waals surface area contributed by atoms with Crippen LogP contribution in [0.3, 0.4) is 0 Å². The second-order valence-electron chi connectivity index (χ2n) is 4.82. The number of hydrogen-bond donors (Lipinski definition) is 2. The van der Waals surface area contributed by atoms with Crippen molar-refractivity contribution in [3.8, 4) is 0 Å². The molecular formula is C13H23Cl2N3OS. The van der Waals surface area contributed by atoms with Crippen molar-refractivity contribution in [2.75, 3.05) is 6.54 Å². The van der Waals surface area contributed by atoms with E-state index in [1.807, 2.05) is 5.38 Å². The lowest BCUT2D eigenvalue weighted by Gasteiger charge is -2.30. The fourth-order valence-electron chi connectivity index (χ4n) is 2.26. The number of halogens is 2. The number of hydrogen-bond acceptors (Lipinski definition) is 4. The predicted molar refractivity (Wildman–Crippen MR) is 88.3 cm³/mol. The molecule has 2 atom stereocenters. The van der Waals surface area contributed by atoms with Crippen molar-refractivity contribution in [3.05, 3.63) is 16.1 Å². The van der Waals surface area contributed by atoms with E-state index in [1.54, 1.807) is 11.3 Å². The number of carbonyl (C=O) groups excluding carboxylic acids is 1. The Bertz CT molecular complexity index is 414. The number of rotatable bonds is 4. The molecule has 1 aromatic rings. The van der Waals surface area contributed by atoms with Gasteiger partial charge in [-0.1, -0.05) is 6.92 Å². The third-order valence-corrected chi connectivity index (χ3v) is 4.39. The van der Waals surface area contributed by atoms with E-state index in [-0.39, 0.29) is 36.8 Å². The monoisotopic (exact) mass is 339 g/mol. The highest BCUT2D eigenvalue weighted by molar-refractivity contribution is 7.09. The molecule has 1 aromatic heterocycles. The molecule has 1 aliphatic heterocycles. The minimum Gasteiger partial charge on any atom is -0.351 e. The first-order chi connectivity index (χ1) is 8.69. The largest absolute Gasteiger partial charge is 0.351 e. The van der Waals surface area contributed by atoms with Gasteiger partial charge in [0.15, 0.2) is 0 Å². The summed E-state index contributed by atoms with van der Waals surface area (Å²) in [6, 6.07) is 0.625. The Balaban J connectivity index is 0.00000180. The number of aromatic nitrogens is 1. The minimum atomic E-state index is 0. The van der Waals surface area contributed by atoms with Crippen molar-refractivity contribution in [1.82, 2.24) is 15.6 Å². The van der Waals surface area contributed by atoms with Crippen LogP contribution in [0.25, 0.3) is 0 Å². The fraction of sp³-hybridized carbons (Fsp3) is 0.692. The molecule has 0 spiro atoms. The zero-order valence-corrected chi connectivity index (χ0v) is 14.3. The van der Waals surface area contributed by atoms with Gasteiger partial charge in [-0.05, 0) is 32.7 Å². The van der Waals surface area contributed by atoms with E-state index in [1.165, 1.54) is 0 Å². The van der Waals surface area contributed by atoms with Gasteiger partial charge in [0.1, 0.15) is 0 Å². The fourth-order valence-corrected chi connectivity index (χ4v) is 3.00. The minimum absolute atomic E-state index is 0. The molecule has 0 aromatic carbocycles. The number of carbonyl (C=O) groups is 1. The van der Waals surface area contributed by atoms with Crippen LogP contribution in [-0.2, 0) is 17.6 Å². The molecule has 2 N–H and O–H groups in total. The molecule has 1 aliphatic rings. The smallest absolute Gasteiger partial charge is 0.226 e. The van der Waals surface area contributed by atoms with Gasteiger partial charge in [0, 0.05) is 17.5 Å². The van der Waals surface area contributed by atoms with Gasteiger partial charge in [0.25, 0.3) is 0 Å². The Labute approximate surface area is 137 Å². The topological polar surface area (TPSA) is 54.0 Å². The lowest BCUT2D eigenvalue weighted by Crippen LogP contribution is -2.52. The summed E-state index contributed by atoms with van der Waals surface area (Å²) in [7, 11) is 0. The summed E-state index contributed by atoms with van der Waals surface area (Å²) in [4.78, 5) is 16.4. The van der Waals surface area contributed by atoms with Crippen LogP contribution < -0.4 is 10.6 Å². The van der Waals surface area contributed by atoms with Crippen LogP contribution in [0.2, 0.25) is 0 Å². The van der Waals surface area contributed by atoms with Crippen LogP contribution in [0.4, 0.5) is 0 Å². The highest BCUT2D eigenvalue weighted by Crippen LogP contribution is 2.12. The van der Waals surface area contributed by atoms with Gasteiger partial charge in [-0.15, -0.1) is 36.2 Å². The second-order valence-corrected chi connectivity index (χ2v) is 5.76. The highest BCUT2D eigenvalue weighted by Gasteiger charge is 2.22. The summed E-state index contributed by atoms with van der Waals surface area (Å²) >= 11 is 1.63. The van der Waals surface area contributed by atoms with E-state index in [9.17, 15) is 4.79 Å². The molecule has 7 heteroatoms. The number of thiazole rings is 1. The number of nitrogens with one attached hydrogen (secondary N) is 2. The molecule has 0 radical (unpaired) electrons. The molecule has 1 amide bonds. The van der Waals surface area contributed by atoms with Crippen LogP contribution in [0.15, 0.2) is 5.38 Å². The zero-order chi connectivity index (χ0) is 13.0. The summed E-state index contributed by atoms with van der Waals surface area (Å²) in [5, 5.41) is 9.58. The Hall–Kier alpha value is -0.360. The molecule has 116 valence electrons. The summed E-state index contributed by atoms with van der Waals surface area (Å²) in [6.45, 7) is 5.26. The van der Waals surface area contributed by atoms with Crippen molar-refractivity contribution in [3.63, 3.8) is 0 Å². The van der Waals surface area contributed by atoms with Crippen molar-refractivity contribution in [1.29, 1.82) is 0 Å². The molecule has 1 saturated heterocycles. The first-order valence-corrected chi connectivity index (χ1v) is 7.53. The summed E-state index contributed by atoms with van der Waals surface area (Å²) in [6.07, 6.45) is 3.54. The molecule has 0 bridgehead atoms. The summed E-state index contributed by atoms with van der Waals surface area (Å²) in [5.74, 6) is 0.0866. The Kier molecular flexibility index (Phi) is 9.38. The van der Waals surface area contributed by atoms with Gasteiger partial charge in [0.2, 0.25) is 5.91 Å². The van der Waals surface area contributed by atoms with Crippen molar-refractivity contribution >= 4 is 42.1 Å². The quantitative estimate of drug-likeness (QED) is 0.885. The normalized spacial score (nSPS) is 21.5. The SMILES string of the molecule is CCc1nc(CC(=O)NC2CCCNC2C)cs1.Cl.Cl. The predicted octanol–water partition coefficient (Wildman–Crippen LogP) is 2.35. The maximum atomic E-state index is 11.9.